The first-order valence-electron chi connectivity index (χ1n) is 9.91. The molecule has 0 amide bonds. The van der Waals surface area contributed by atoms with Crippen molar-refractivity contribution in [2.24, 2.45) is 4.99 Å². The number of hydrogen-bond donors (Lipinski definition) is 3. The van der Waals surface area contributed by atoms with E-state index in [2.05, 4.69) is 30.4 Å². The predicted octanol–water partition coefficient (Wildman–Crippen LogP) is 0.173. The zero-order valence-corrected chi connectivity index (χ0v) is 20.2. The van der Waals surface area contributed by atoms with Crippen LogP contribution in [0.3, 0.4) is 0 Å². The molecule has 2 aliphatic heterocycles. The molecule has 166 valence electrons. The van der Waals surface area contributed by atoms with Gasteiger partial charge in [-0.3, -0.25) is 4.99 Å². The van der Waals surface area contributed by atoms with E-state index in [4.69, 9.17) is 4.74 Å². The van der Waals surface area contributed by atoms with E-state index in [1.807, 2.05) is 11.6 Å². The normalized spacial score (nSPS) is 22.5. The summed E-state index contributed by atoms with van der Waals surface area (Å²) >= 11 is 0. The predicted molar refractivity (Wildman–Crippen MR) is 122 cm³/mol. The molecule has 0 radical (unpaired) electrons. The number of fused-ring (bicyclic) bond motifs is 1. The second-order valence-corrected chi connectivity index (χ2v) is 9.22. The van der Waals surface area contributed by atoms with Gasteiger partial charge in [0.1, 0.15) is 11.6 Å². The summed E-state index contributed by atoms with van der Waals surface area (Å²) in [7, 11) is -1.68. The molecule has 3 N–H and O–H groups in total. The lowest BCUT2D eigenvalue weighted by atomic mass is 10.1. The number of halogens is 1. The molecule has 12 heteroatoms. The average molecular weight is 541 g/mol. The maximum absolute atomic E-state index is 12.2. The first kappa shape index (κ1) is 24.3. The summed E-state index contributed by atoms with van der Waals surface area (Å²) in [6, 6.07) is 0.179. The van der Waals surface area contributed by atoms with E-state index in [-0.39, 0.29) is 48.4 Å². The van der Waals surface area contributed by atoms with Crippen molar-refractivity contribution in [2.45, 2.75) is 57.7 Å². The molecule has 29 heavy (non-hydrogen) atoms. The molecule has 2 aliphatic rings. The van der Waals surface area contributed by atoms with Crippen molar-refractivity contribution >= 4 is 40.0 Å². The van der Waals surface area contributed by atoms with Gasteiger partial charge >= 0.3 is 0 Å². The first-order chi connectivity index (χ1) is 13.4. The molecule has 1 aromatic rings. The second kappa shape index (κ2) is 11.4. The molecule has 10 nitrogen and oxygen atoms in total. The van der Waals surface area contributed by atoms with Crippen molar-refractivity contribution in [3.8, 4) is 0 Å². The average Bonchev–Trinajstić information content (AvgIpc) is 3.05. The van der Waals surface area contributed by atoms with Crippen LogP contribution in [0.15, 0.2) is 4.99 Å². The van der Waals surface area contributed by atoms with E-state index >= 15 is 0 Å². The number of nitrogens with zero attached hydrogens (tertiary/aromatic N) is 4. The summed E-state index contributed by atoms with van der Waals surface area (Å²) in [6.07, 6.45) is 4.83. The standard InChI is InChI=1S/C17H31N7O3S.HI/c1-13-21-16-7-6-14(12-24(16)23-13)22-17(18-2)19-8-10-28(25,26)20-11-15-5-3-4-9-27-15;/h14-15,20H,3-12H2,1-2H3,(H2,18,19,22);1H. The van der Waals surface area contributed by atoms with Gasteiger partial charge < -0.3 is 15.4 Å². The van der Waals surface area contributed by atoms with Gasteiger partial charge in [-0.15, -0.1) is 24.0 Å². The van der Waals surface area contributed by atoms with Crippen molar-refractivity contribution in [1.82, 2.24) is 30.1 Å². The van der Waals surface area contributed by atoms with Gasteiger partial charge in [0.2, 0.25) is 10.0 Å². The van der Waals surface area contributed by atoms with Crippen LogP contribution in [0.1, 0.15) is 37.3 Å². The molecule has 1 aromatic heterocycles. The smallest absolute Gasteiger partial charge is 0.213 e. The fourth-order valence-electron chi connectivity index (χ4n) is 3.50. The van der Waals surface area contributed by atoms with Crippen molar-refractivity contribution in [3.05, 3.63) is 11.6 Å². The van der Waals surface area contributed by atoms with Crippen LogP contribution >= 0.6 is 24.0 Å². The molecule has 0 bridgehead atoms. The van der Waals surface area contributed by atoms with E-state index in [0.29, 0.717) is 19.1 Å². The van der Waals surface area contributed by atoms with Crippen LogP contribution in [0.2, 0.25) is 0 Å². The Morgan fingerprint density at radius 1 is 1.34 bits per heavy atom. The lowest BCUT2D eigenvalue weighted by molar-refractivity contribution is 0.0200. The van der Waals surface area contributed by atoms with E-state index in [9.17, 15) is 8.42 Å². The second-order valence-electron chi connectivity index (χ2n) is 7.29. The minimum atomic E-state index is -3.35. The third-order valence-corrected chi connectivity index (χ3v) is 6.34. The lowest BCUT2D eigenvalue weighted by Crippen LogP contribution is -2.48. The minimum absolute atomic E-state index is 0. The van der Waals surface area contributed by atoms with Crippen LogP contribution in [-0.4, -0.2) is 73.8 Å². The monoisotopic (exact) mass is 541 g/mol. The fraction of sp³-hybridized carbons (Fsp3) is 0.824. The van der Waals surface area contributed by atoms with Gasteiger partial charge in [-0.25, -0.2) is 22.8 Å². The maximum Gasteiger partial charge on any atom is 0.213 e. The molecule has 2 atom stereocenters. The summed E-state index contributed by atoms with van der Waals surface area (Å²) in [4.78, 5) is 8.60. The van der Waals surface area contributed by atoms with Gasteiger partial charge in [-0.05, 0) is 32.6 Å². The number of guanidine groups is 1. The Kier molecular flexibility index (Phi) is 9.56. The summed E-state index contributed by atoms with van der Waals surface area (Å²) in [5, 5.41) is 10.8. The van der Waals surface area contributed by atoms with Crippen LogP contribution in [0.4, 0.5) is 0 Å². The van der Waals surface area contributed by atoms with Crippen molar-refractivity contribution in [3.63, 3.8) is 0 Å². The zero-order valence-electron chi connectivity index (χ0n) is 17.1. The Hall–Kier alpha value is -0.990. The largest absolute Gasteiger partial charge is 0.377 e. The molecule has 1 saturated heterocycles. The molecule has 3 heterocycles. The van der Waals surface area contributed by atoms with Gasteiger partial charge in [-0.1, -0.05) is 0 Å². The Morgan fingerprint density at radius 3 is 2.90 bits per heavy atom. The van der Waals surface area contributed by atoms with Crippen LogP contribution in [0.5, 0.6) is 0 Å². The Balaban J connectivity index is 0.00000300. The quantitative estimate of drug-likeness (QED) is 0.256. The van der Waals surface area contributed by atoms with Gasteiger partial charge in [0.25, 0.3) is 0 Å². The van der Waals surface area contributed by atoms with E-state index in [1.165, 1.54) is 0 Å². The lowest BCUT2D eigenvalue weighted by Gasteiger charge is -2.25. The number of sulfonamides is 1. The third kappa shape index (κ3) is 7.64. The topological polar surface area (TPSA) is 123 Å². The zero-order chi connectivity index (χ0) is 20.0. The van der Waals surface area contributed by atoms with E-state index in [1.54, 1.807) is 7.05 Å². The molecule has 0 aliphatic carbocycles. The van der Waals surface area contributed by atoms with Gasteiger partial charge in [0, 0.05) is 39.2 Å². The summed E-state index contributed by atoms with van der Waals surface area (Å²) in [5.74, 6) is 2.38. The number of nitrogens with one attached hydrogen (secondary N) is 3. The minimum Gasteiger partial charge on any atom is -0.377 e. The van der Waals surface area contributed by atoms with Crippen LogP contribution in [0, 0.1) is 6.92 Å². The molecule has 0 saturated carbocycles. The number of ether oxygens (including phenoxy) is 1. The molecule has 0 spiro atoms. The SMILES string of the molecule is CN=C(NCCS(=O)(=O)NCC1CCCCO1)NC1CCc2nc(C)nn2C1.I. The first-order valence-corrected chi connectivity index (χ1v) is 11.6. The van der Waals surface area contributed by atoms with Gasteiger partial charge in [0.05, 0.1) is 18.4 Å². The highest BCUT2D eigenvalue weighted by Crippen LogP contribution is 2.13. The molecule has 2 unspecified atom stereocenters. The van der Waals surface area contributed by atoms with Gasteiger partial charge in [-0.2, -0.15) is 5.10 Å². The van der Waals surface area contributed by atoms with E-state index < -0.39 is 10.0 Å². The molecular weight excluding hydrogens is 509 g/mol. The summed E-state index contributed by atoms with van der Waals surface area (Å²) in [6.45, 7) is 3.95. The van der Waals surface area contributed by atoms with E-state index in [0.717, 1.165) is 50.3 Å². The number of aryl methyl sites for hydroxylation is 2. The highest BCUT2D eigenvalue weighted by atomic mass is 127. The highest BCUT2D eigenvalue weighted by molar-refractivity contribution is 14.0. The maximum atomic E-state index is 12.2. The molecule has 1 fully saturated rings. The van der Waals surface area contributed by atoms with Crippen molar-refractivity contribution in [2.75, 3.05) is 32.5 Å². The van der Waals surface area contributed by atoms with Crippen molar-refractivity contribution in [1.29, 1.82) is 0 Å². The van der Waals surface area contributed by atoms with Crippen LogP contribution < -0.4 is 15.4 Å². The fourth-order valence-corrected chi connectivity index (χ4v) is 4.46. The molecule has 0 aromatic carbocycles. The number of aliphatic imine (C=N–C) groups is 1. The molecule has 3 rings (SSSR count). The Bertz CT molecular complexity index is 778. The van der Waals surface area contributed by atoms with Gasteiger partial charge in [0.15, 0.2) is 5.96 Å². The summed E-state index contributed by atoms with van der Waals surface area (Å²) in [5.41, 5.74) is 0. The Labute approximate surface area is 189 Å². The highest BCUT2D eigenvalue weighted by Gasteiger charge is 2.22. The molecular formula is C17H32IN7O3S. The van der Waals surface area contributed by atoms with Crippen LogP contribution in [0.25, 0.3) is 0 Å². The van der Waals surface area contributed by atoms with Crippen molar-refractivity contribution < 1.29 is 13.2 Å². The van der Waals surface area contributed by atoms with Crippen LogP contribution in [-0.2, 0) is 27.7 Å². The number of hydrogen-bond acceptors (Lipinski definition) is 6. The number of rotatable bonds is 7. The number of aromatic nitrogens is 3. The third-order valence-electron chi connectivity index (χ3n) is 5.00. The summed E-state index contributed by atoms with van der Waals surface area (Å²) < 4.78 is 34.5. The Morgan fingerprint density at radius 2 is 2.17 bits per heavy atom.